The number of pyridine rings is 1. The summed E-state index contributed by atoms with van der Waals surface area (Å²) in [5.74, 6) is 0.553. The molecule has 210 valence electrons. The van der Waals surface area contributed by atoms with Gasteiger partial charge in [0.2, 0.25) is 5.88 Å². The van der Waals surface area contributed by atoms with Crippen molar-refractivity contribution in [1.82, 2.24) is 9.88 Å². The maximum absolute atomic E-state index is 13.1. The number of fused-ring (bicyclic) bond motifs is 1. The van der Waals surface area contributed by atoms with Gasteiger partial charge < -0.3 is 19.5 Å². The highest BCUT2D eigenvalue weighted by Gasteiger charge is 2.43. The molecule has 4 aromatic carbocycles. The Balaban J connectivity index is 1.80. The van der Waals surface area contributed by atoms with Gasteiger partial charge in [0.25, 0.3) is 0 Å². The molecule has 0 saturated carbocycles. The van der Waals surface area contributed by atoms with E-state index in [9.17, 15) is 5.11 Å². The van der Waals surface area contributed by atoms with Crippen molar-refractivity contribution < 1.29 is 14.6 Å². The molecular formula is C35H35ClN2O3. The van der Waals surface area contributed by atoms with Gasteiger partial charge in [-0.05, 0) is 66.2 Å². The molecule has 2 atom stereocenters. The van der Waals surface area contributed by atoms with Crippen LogP contribution in [-0.2, 0) is 5.60 Å². The van der Waals surface area contributed by atoms with Crippen molar-refractivity contribution in [2.75, 3.05) is 34.9 Å². The van der Waals surface area contributed by atoms with Gasteiger partial charge in [-0.3, -0.25) is 0 Å². The third-order valence-electron chi connectivity index (χ3n) is 7.67. The molecule has 41 heavy (non-hydrogen) atoms. The van der Waals surface area contributed by atoms with E-state index >= 15 is 0 Å². The van der Waals surface area contributed by atoms with Gasteiger partial charge in [-0.2, -0.15) is 0 Å². The molecule has 0 amide bonds. The van der Waals surface area contributed by atoms with Crippen molar-refractivity contribution in [3.63, 3.8) is 0 Å². The fourth-order valence-electron chi connectivity index (χ4n) is 5.63. The zero-order valence-electron chi connectivity index (χ0n) is 23.8. The van der Waals surface area contributed by atoms with E-state index in [1.807, 2.05) is 74.8 Å². The third-order valence-corrected chi connectivity index (χ3v) is 7.99. The van der Waals surface area contributed by atoms with E-state index in [1.165, 1.54) is 0 Å². The first-order valence-corrected chi connectivity index (χ1v) is 14.0. The van der Waals surface area contributed by atoms with Crippen LogP contribution in [0.15, 0.2) is 103 Å². The van der Waals surface area contributed by atoms with E-state index < -0.39 is 11.5 Å². The predicted molar refractivity (Wildman–Crippen MR) is 167 cm³/mol. The number of halogens is 1. The summed E-state index contributed by atoms with van der Waals surface area (Å²) in [5, 5.41) is 15.8. The highest BCUT2D eigenvalue weighted by atomic mass is 35.5. The lowest BCUT2D eigenvalue weighted by Crippen LogP contribution is -2.38. The predicted octanol–water partition coefficient (Wildman–Crippen LogP) is 7.54. The minimum atomic E-state index is -1.31. The van der Waals surface area contributed by atoms with E-state index in [0.29, 0.717) is 29.6 Å². The summed E-state index contributed by atoms with van der Waals surface area (Å²) in [5.41, 5.74) is 3.08. The highest BCUT2D eigenvalue weighted by molar-refractivity contribution is 6.32. The topological polar surface area (TPSA) is 54.8 Å². The molecule has 1 aromatic heterocycles. The van der Waals surface area contributed by atoms with Crippen LogP contribution in [0.2, 0.25) is 5.02 Å². The zero-order valence-corrected chi connectivity index (χ0v) is 24.6. The number of nitrogens with zero attached hydrogens (tertiary/aromatic N) is 2. The molecule has 0 bridgehead atoms. The van der Waals surface area contributed by atoms with Crippen molar-refractivity contribution in [2.24, 2.45) is 0 Å². The number of aromatic nitrogens is 1. The molecule has 5 nitrogen and oxygen atoms in total. The summed E-state index contributed by atoms with van der Waals surface area (Å²) >= 11 is 6.33. The van der Waals surface area contributed by atoms with Gasteiger partial charge in [0.1, 0.15) is 11.4 Å². The van der Waals surface area contributed by atoms with Crippen LogP contribution in [0.3, 0.4) is 0 Å². The van der Waals surface area contributed by atoms with Crippen LogP contribution < -0.4 is 9.47 Å². The fraction of sp³-hybridized carbons (Fsp3) is 0.229. The van der Waals surface area contributed by atoms with Crippen LogP contribution in [0.4, 0.5) is 0 Å². The number of aliphatic hydroxyl groups is 1. The number of methoxy groups -OCH3 is 2. The Kier molecular flexibility index (Phi) is 8.60. The smallest absolute Gasteiger partial charge is 0.217 e. The van der Waals surface area contributed by atoms with Crippen LogP contribution in [0.25, 0.3) is 21.9 Å². The molecular weight excluding hydrogens is 532 g/mol. The maximum atomic E-state index is 13.1. The van der Waals surface area contributed by atoms with Crippen LogP contribution >= 0.6 is 11.6 Å². The molecule has 0 aliphatic carbocycles. The first-order valence-electron chi connectivity index (χ1n) is 13.6. The summed E-state index contributed by atoms with van der Waals surface area (Å²) < 4.78 is 11.4. The zero-order chi connectivity index (χ0) is 29.0. The van der Waals surface area contributed by atoms with Gasteiger partial charge in [0.05, 0.1) is 19.2 Å². The molecule has 5 aromatic rings. The van der Waals surface area contributed by atoms with Crippen LogP contribution in [-0.4, -0.2) is 49.9 Å². The Labute approximate surface area is 247 Å². The second-order valence-electron chi connectivity index (χ2n) is 10.5. The first-order chi connectivity index (χ1) is 19.9. The number of hydrogen-bond donors (Lipinski definition) is 1. The lowest BCUT2D eigenvalue weighted by Gasteiger charge is -2.39. The average Bonchev–Trinajstić information content (AvgIpc) is 3.00. The largest absolute Gasteiger partial charge is 0.495 e. The minimum absolute atomic E-state index is 0.465. The molecule has 0 aliphatic heterocycles. The van der Waals surface area contributed by atoms with E-state index in [4.69, 9.17) is 26.1 Å². The number of ether oxygens (including phenoxy) is 2. The molecule has 0 fully saturated rings. The monoisotopic (exact) mass is 566 g/mol. The van der Waals surface area contributed by atoms with E-state index in [0.717, 1.165) is 38.6 Å². The Morgan fingerprint density at radius 1 is 0.854 bits per heavy atom. The van der Waals surface area contributed by atoms with Gasteiger partial charge in [-0.1, -0.05) is 90.5 Å². The van der Waals surface area contributed by atoms with Crippen molar-refractivity contribution in [3.05, 3.63) is 125 Å². The number of hydrogen-bond acceptors (Lipinski definition) is 5. The van der Waals surface area contributed by atoms with Crippen molar-refractivity contribution >= 4 is 22.4 Å². The van der Waals surface area contributed by atoms with Gasteiger partial charge in [-0.15, -0.1) is 0 Å². The second kappa shape index (κ2) is 12.3. The Bertz CT molecular complexity index is 1630. The summed E-state index contributed by atoms with van der Waals surface area (Å²) in [6.45, 7) is 0.673. The van der Waals surface area contributed by atoms with Gasteiger partial charge in [0, 0.05) is 29.8 Å². The normalized spacial score (nSPS) is 13.6. The lowest BCUT2D eigenvalue weighted by atomic mass is 9.70. The van der Waals surface area contributed by atoms with Gasteiger partial charge in [-0.25, -0.2) is 4.98 Å². The van der Waals surface area contributed by atoms with E-state index in [2.05, 4.69) is 41.3 Å². The number of rotatable bonds is 10. The summed E-state index contributed by atoms with van der Waals surface area (Å²) in [7, 11) is 7.27. The minimum Gasteiger partial charge on any atom is -0.495 e. The highest BCUT2D eigenvalue weighted by Crippen LogP contribution is 2.49. The molecule has 0 aliphatic rings. The van der Waals surface area contributed by atoms with Crippen molar-refractivity contribution in [3.8, 4) is 22.8 Å². The molecule has 0 spiro atoms. The third kappa shape index (κ3) is 5.80. The van der Waals surface area contributed by atoms with Crippen molar-refractivity contribution in [1.29, 1.82) is 0 Å². The van der Waals surface area contributed by atoms with Crippen molar-refractivity contribution in [2.45, 2.75) is 17.9 Å². The molecule has 0 saturated heterocycles. The molecule has 2 unspecified atom stereocenters. The Hall–Kier alpha value is -3.90. The summed E-state index contributed by atoms with van der Waals surface area (Å²) in [6, 6.07) is 32.2. The van der Waals surface area contributed by atoms with Crippen LogP contribution in [0, 0.1) is 0 Å². The van der Waals surface area contributed by atoms with E-state index in [-0.39, 0.29) is 0 Å². The maximum Gasteiger partial charge on any atom is 0.217 e. The summed E-state index contributed by atoms with van der Waals surface area (Å²) in [4.78, 5) is 6.85. The second-order valence-corrected chi connectivity index (χ2v) is 10.9. The Morgan fingerprint density at radius 2 is 1.59 bits per heavy atom. The standard InChI is InChI=1S/C35H35ClN2O3/c1-38(2)20-19-35(39,30-16-10-14-24-11-8-9-15-28(24)30)33(25-12-6-5-7-13-25)29-21-27(23-37-34(29)41-4)26-17-18-31(36)32(22-26)40-3/h5-18,21-23,33,39H,19-20H2,1-4H3. The molecule has 1 N–H and O–H groups in total. The van der Waals surface area contributed by atoms with Gasteiger partial charge in [0.15, 0.2) is 0 Å². The van der Waals surface area contributed by atoms with Crippen LogP contribution in [0.5, 0.6) is 11.6 Å². The molecule has 0 radical (unpaired) electrons. The van der Waals surface area contributed by atoms with Gasteiger partial charge >= 0.3 is 0 Å². The van der Waals surface area contributed by atoms with E-state index in [1.54, 1.807) is 20.4 Å². The first kappa shape index (κ1) is 28.6. The molecule has 1 heterocycles. The van der Waals surface area contributed by atoms with Crippen LogP contribution in [0.1, 0.15) is 29.0 Å². The summed E-state index contributed by atoms with van der Waals surface area (Å²) in [6.07, 6.45) is 2.26. The Morgan fingerprint density at radius 3 is 2.32 bits per heavy atom. The molecule has 6 heteroatoms. The lowest BCUT2D eigenvalue weighted by molar-refractivity contribution is 0.00517. The fourth-order valence-corrected chi connectivity index (χ4v) is 5.83. The SMILES string of the molecule is COc1cc(-c2cnc(OC)c(C(c3ccccc3)C(O)(CCN(C)C)c3cccc4ccccc34)c2)ccc1Cl. The quantitative estimate of drug-likeness (QED) is 0.189. The molecule has 5 rings (SSSR count). The number of benzene rings is 4. The average molecular weight is 567 g/mol.